The van der Waals surface area contributed by atoms with Crippen molar-refractivity contribution >= 4 is 21.7 Å². The molecular formula is C50H32N2. The zero-order valence-corrected chi connectivity index (χ0v) is 28.4. The van der Waals surface area contributed by atoms with Crippen LogP contribution < -0.4 is 0 Å². The molecule has 8 aromatic carbocycles. The number of pyridine rings is 1. The highest BCUT2D eigenvalue weighted by Gasteiger charge is 2.16. The number of fused-ring (bicyclic) bond motifs is 3. The van der Waals surface area contributed by atoms with Gasteiger partial charge < -0.3 is 0 Å². The van der Waals surface area contributed by atoms with E-state index in [-0.39, 0.29) is 0 Å². The normalized spacial score (nSPS) is 11.1. The van der Waals surface area contributed by atoms with Crippen LogP contribution in [0.1, 0.15) is 5.56 Å². The molecule has 0 atom stereocenters. The lowest BCUT2D eigenvalue weighted by Crippen LogP contribution is -1.93. The lowest BCUT2D eigenvalue weighted by Gasteiger charge is -2.16. The van der Waals surface area contributed by atoms with E-state index in [1.54, 1.807) is 0 Å². The van der Waals surface area contributed by atoms with Gasteiger partial charge in [0.2, 0.25) is 0 Å². The number of nitriles is 1. The largest absolute Gasteiger partial charge is 0.247 e. The van der Waals surface area contributed by atoms with Gasteiger partial charge in [0.05, 0.1) is 22.8 Å². The lowest BCUT2D eigenvalue weighted by molar-refractivity contribution is 1.41. The quantitative estimate of drug-likeness (QED) is 0.166. The first-order valence-electron chi connectivity index (χ1n) is 17.5. The summed E-state index contributed by atoms with van der Waals surface area (Å²) in [5.74, 6) is 0. The molecular weight excluding hydrogens is 629 g/mol. The predicted molar refractivity (Wildman–Crippen MR) is 217 cm³/mol. The van der Waals surface area contributed by atoms with Crippen molar-refractivity contribution in [3.63, 3.8) is 0 Å². The van der Waals surface area contributed by atoms with Gasteiger partial charge >= 0.3 is 0 Å². The van der Waals surface area contributed by atoms with Crippen LogP contribution in [0.4, 0.5) is 0 Å². The number of hydrogen-bond donors (Lipinski definition) is 0. The summed E-state index contributed by atoms with van der Waals surface area (Å²) in [6.07, 6.45) is 0. The molecule has 0 saturated carbocycles. The van der Waals surface area contributed by atoms with Crippen molar-refractivity contribution in [1.29, 1.82) is 5.26 Å². The molecule has 2 heteroatoms. The number of rotatable bonds is 6. The maximum absolute atomic E-state index is 9.28. The van der Waals surface area contributed by atoms with Gasteiger partial charge in [0.1, 0.15) is 0 Å². The molecule has 1 heterocycles. The highest BCUT2D eigenvalue weighted by atomic mass is 14.7. The maximum Gasteiger partial charge on any atom is 0.0991 e. The van der Waals surface area contributed by atoms with Crippen molar-refractivity contribution < 1.29 is 0 Å². The highest BCUT2D eigenvalue weighted by Crippen LogP contribution is 2.41. The van der Waals surface area contributed by atoms with Crippen LogP contribution in [0.5, 0.6) is 0 Å². The molecule has 0 radical (unpaired) electrons. The SMILES string of the molecule is N#Cc1ccc(-c2ccc(-c3cc(-c4ccc(-c5ccccc5)cc4)nc4c3cc(-c3ccc(-c5ccccc5)cc3)c3ccccc34)cc2)cc1. The Kier molecular flexibility index (Phi) is 7.93. The molecule has 0 unspecified atom stereocenters. The minimum atomic E-state index is 0.658. The zero-order valence-electron chi connectivity index (χ0n) is 28.4. The fraction of sp³-hybridized carbons (Fsp3) is 0. The molecule has 0 amide bonds. The third-order valence-corrected chi connectivity index (χ3v) is 9.95. The Balaban J connectivity index is 1.22. The van der Waals surface area contributed by atoms with Crippen LogP contribution in [0.25, 0.3) is 88.6 Å². The van der Waals surface area contributed by atoms with E-state index in [1.807, 2.05) is 30.3 Å². The predicted octanol–water partition coefficient (Wildman–Crippen LogP) is 13.3. The second-order valence-corrected chi connectivity index (χ2v) is 13.1. The Morgan fingerprint density at radius 2 is 0.712 bits per heavy atom. The molecule has 52 heavy (non-hydrogen) atoms. The highest BCUT2D eigenvalue weighted by molar-refractivity contribution is 6.16. The first kappa shape index (κ1) is 30.9. The molecule has 0 aliphatic carbocycles. The van der Waals surface area contributed by atoms with E-state index < -0.39 is 0 Å². The second kappa shape index (κ2) is 13.3. The molecule has 9 rings (SSSR count). The second-order valence-electron chi connectivity index (χ2n) is 13.1. The van der Waals surface area contributed by atoms with E-state index in [9.17, 15) is 5.26 Å². The van der Waals surface area contributed by atoms with E-state index in [0.29, 0.717) is 5.56 Å². The van der Waals surface area contributed by atoms with E-state index in [4.69, 9.17) is 4.98 Å². The summed E-state index contributed by atoms with van der Waals surface area (Å²) in [5, 5.41) is 12.7. The van der Waals surface area contributed by atoms with Crippen molar-refractivity contribution in [3.05, 3.63) is 200 Å². The number of benzene rings is 8. The summed E-state index contributed by atoms with van der Waals surface area (Å²) in [4.78, 5) is 5.41. The minimum absolute atomic E-state index is 0.658. The first-order chi connectivity index (χ1) is 25.7. The Morgan fingerprint density at radius 3 is 1.21 bits per heavy atom. The average molecular weight is 661 g/mol. The topological polar surface area (TPSA) is 36.7 Å². The van der Waals surface area contributed by atoms with Crippen molar-refractivity contribution in [2.24, 2.45) is 0 Å². The Labute approximate surface area is 303 Å². The van der Waals surface area contributed by atoms with Crippen molar-refractivity contribution in [2.45, 2.75) is 0 Å². The summed E-state index contributed by atoms with van der Waals surface area (Å²) >= 11 is 0. The summed E-state index contributed by atoms with van der Waals surface area (Å²) in [6, 6.07) is 70.5. The Morgan fingerprint density at radius 1 is 0.327 bits per heavy atom. The third-order valence-electron chi connectivity index (χ3n) is 9.95. The van der Waals surface area contributed by atoms with E-state index in [2.05, 4.69) is 170 Å². The molecule has 0 spiro atoms. The van der Waals surface area contributed by atoms with Crippen LogP contribution in [0, 0.1) is 11.3 Å². The molecule has 2 nitrogen and oxygen atoms in total. The number of aromatic nitrogens is 1. The fourth-order valence-corrected chi connectivity index (χ4v) is 7.19. The molecule has 242 valence electrons. The van der Waals surface area contributed by atoms with Crippen LogP contribution in [-0.4, -0.2) is 4.98 Å². The molecule has 0 fully saturated rings. The van der Waals surface area contributed by atoms with Gasteiger partial charge in [-0.05, 0) is 85.3 Å². The van der Waals surface area contributed by atoms with Gasteiger partial charge in [0, 0.05) is 16.3 Å². The van der Waals surface area contributed by atoms with Gasteiger partial charge in [0.25, 0.3) is 0 Å². The molecule has 9 aromatic rings. The zero-order chi connectivity index (χ0) is 34.9. The summed E-state index contributed by atoms with van der Waals surface area (Å²) in [6.45, 7) is 0. The van der Waals surface area contributed by atoms with Gasteiger partial charge in [-0.15, -0.1) is 0 Å². The van der Waals surface area contributed by atoms with Gasteiger partial charge in [0.15, 0.2) is 0 Å². The van der Waals surface area contributed by atoms with Crippen molar-refractivity contribution in [2.75, 3.05) is 0 Å². The van der Waals surface area contributed by atoms with E-state index in [1.165, 1.54) is 38.8 Å². The van der Waals surface area contributed by atoms with Gasteiger partial charge in [-0.1, -0.05) is 170 Å². The van der Waals surface area contributed by atoms with Crippen LogP contribution in [-0.2, 0) is 0 Å². The first-order valence-corrected chi connectivity index (χ1v) is 17.5. The monoisotopic (exact) mass is 660 g/mol. The van der Waals surface area contributed by atoms with Gasteiger partial charge in [-0.2, -0.15) is 5.26 Å². The van der Waals surface area contributed by atoms with Crippen molar-refractivity contribution in [1.82, 2.24) is 4.98 Å². The van der Waals surface area contributed by atoms with Gasteiger partial charge in [-0.25, -0.2) is 4.98 Å². The van der Waals surface area contributed by atoms with Crippen LogP contribution in [0.2, 0.25) is 0 Å². The maximum atomic E-state index is 9.28. The molecule has 0 bridgehead atoms. The third kappa shape index (κ3) is 5.81. The summed E-state index contributed by atoms with van der Waals surface area (Å²) < 4.78 is 0. The molecule has 1 aromatic heterocycles. The molecule has 0 aliphatic rings. The minimum Gasteiger partial charge on any atom is -0.247 e. The molecule has 0 aliphatic heterocycles. The van der Waals surface area contributed by atoms with E-state index in [0.717, 1.165) is 49.8 Å². The smallest absolute Gasteiger partial charge is 0.0991 e. The fourth-order valence-electron chi connectivity index (χ4n) is 7.19. The van der Waals surface area contributed by atoms with Crippen molar-refractivity contribution in [3.8, 4) is 73.0 Å². The Bertz CT molecular complexity index is 2720. The van der Waals surface area contributed by atoms with Crippen LogP contribution in [0.15, 0.2) is 194 Å². The molecule has 0 N–H and O–H groups in total. The average Bonchev–Trinajstić information content (AvgIpc) is 3.24. The molecule has 0 saturated heterocycles. The van der Waals surface area contributed by atoms with Gasteiger partial charge in [-0.3, -0.25) is 0 Å². The van der Waals surface area contributed by atoms with Crippen LogP contribution >= 0.6 is 0 Å². The summed E-state index contributed by atoms with van der Waals surface area (Å²) in [7, 11) is 0. The Hall–Kier alpha value is -7.08. The lowest BCUT2D eigenvalue weighted by atomic mass is 9.90. The summed E-state index contributed by atoms with van der Waals surface area (Å²) in [5.41, 5.74) is 15.2. The standard InChI is InChI=1S/C50H32N2/c51-33-34-15-17-37(18-16-34)40-21-27-42(28-22-40)47-32-49(43-29-23-39(24-30-43)36-11-5-2-6-12-36)52-50-45-14-8-7-13-44(45)46(31-48(47)50)41-25-19-38(20-26-41)35-9-3-1-4-10-35/h1-32H. The van der Waals surface area contributed by atoms with Crippen LogP contribution in [0.3, 0.4) is 0 Å². The van der Waals surface area contributed by atoms with E-state index >= 15 is 0 Å². The number of nitrogens with zero attached hydrogens (tertiary/aromatic N) is 2. The number of hydrogen-bond acceptors (Lipinski definition) is 2.